The SMILES string of the molecule is O=C(NC(NC(=S)Nc1cccc(C(F)(F)F)c1)C(Cl)(Cl)Cl)c1ccc(F)cc1. The highest BCUT2D eigenvalue weighted by Crippen LogP contribution is 2.31. The second-order valence-corrected chi connectivity index (χ2v) is 8.41. The first kappa shape index (κ1) is 23.5. The molecule has 1 atom stereocenters. The molecule has 2 rings (SSSR count). The number of alkyl halides is 6. The number of carbonyl (C=O) groups excluding carboxylic acids is 1. The van der Waals surface area contributed by atoms with Crippen LogP contribution in [0.1, 0.15) is 15.9 Å². The standard InChI is InChI=1S/C17H12Cl3F4N3OS/c18-16(19,20)14(26-13(28)9-4-6-11(21)7-5-9)27-15(29)25-12-3-1-2-10(8-12)17(22,23)24/h1-8,14H,(H,26,28)(H2,25,27,29). The maximum absolute atomic E-state index is 13.0. The minimum absolute atomic E-state index is 0.0326. The van der Waals surface area contributed by atoms with Gasteiger partial charge in [-0.3, -0.25) is 4.79 Å². The van der Waals surface area contributed by atoms with E-state index in [9.17, 15) is 22.4 Å². The first-order chi connectivity index (χ1) is 13.4. The Hall–Kier alpha value is -1.81. The molecule has 0 radical (unpaired) electrons. The quantitative estimate of drug-likeness (QED) is 0.238. The van der Waals surface area contributed by atoms with Crippen molar-refractivity contribution in [3.63, 3.8) is 0 Å². The van der Waals surface area contributed by atoms with Crippen LogP contribution in [-0.2, 0) is 6.18 Å². The molecule has 0 spiro atoms. The number of hydrogen-bond donors (Lipinski definition) is 3. The van der Waals surface area contributed by atoms with Crippen LogP contribution in [0.3, 0.4) is 0 Å². The predicted octanol–water partition coefficient (Wildman–Crippen LogP) is 5.26. The highest BCUT2D eigenvalue weighted by molar-refractivity contribution is 7.80. The Morgan fingerprint density at radius 2 is 1.62 bits per heavy atom. The van der Waals surface area contributed by atoms with Crippen molar-refractivity contribution in [3.8, 4) is 0 Å². The van der Waals surface area contributed by atoms with Crippen molar-refractivity contribution in [3.05, 3.63) is 65.5 Å². The predicted molar refractivity (Wildman–Crippen MR) is 109 cm³/mol. The number of carbonyl (C=O) groups is 1. The molecule has 0 heterocycles. The van der Waals surface area contributed by atoms with Crippen LogP contribution < -0.4 is 16.0 Å². The second kappa shape index (κ2) is 9.34. The van der Waals surface area contributed by atoms with Gasteiger partial charge >= 0.3 is 6.18 Å². The van der Waals surface area contributed by atoms with Gasteiger partial charge in [-0.15, -0.1) is 0 Å². The van der Waals surface area contributed by atoms with E-state index in [0.29, 0.717) is 0 Å². The Balaban J connectivity index is 2.09. The van der Waals surface area contributed by atoms with E-state index in [1.165, 1.54) is 24.3 Å². The summed E-state index contributed by atoms with van der Waals surface area (Å²) in [5.41, 5.74) is -0.762. The lowest BCUT2D eigenvalue weighted by atomic mass is 10.2. The van der Waals surface area contributed by atoms with Crippen molar-refractivity contribution in [2.75, 3.05) is 5.32 Å². The average molecular weight is 489 g/mol. The van der Waals surface area contributed by atoms with Crippen LogP contribution in [0, 0.1) is 5.82 Å². The number of benzene rings is 2. The molecule has 0 aliphatic rings. The molecule has 29 heavy (non-hydrogen) atoms. The third kappa shape index (κ3) is 7.18. The number of thiocarbonyl (C=S) groups is 1. The third-order valence-corrected chi connectivity index (χ3v) is 4.31. The largest absolute Gasteiger partial charge is 0.416 e. The molecule has 1 unspecified atom stereocenters. The molecule has 2 aromatic carbocycles. The van der Waals surface area contributed by atoms with Crippen molar-refractivity contribution < 1.29 is 22.4 Å². The summed E-state index contributed by atoms with van der Waals surface area (Å²) in [4.78, 5) is 12.3. The summed E-state index contributed by atoms with van der Waals surface area (Å²) in [6.45, 7) is 0. The summed E-state index contributed by atoms with van der Waals surface area (Å²) < 4.78 is 49.3. The molecule has 1 amide bonds. The van der Waals surface area contributed by atoms with Gasteiger partial charge < -0.3 is 16.0 Å². The number of halogens is 7. The minimum Gasteiger partial charge on any atom is -0.339 e. The van der Waals surface area contributed by atoms with Crippen molar-refractivity contribution in [2.24, 2.45) is 0 Å². The van der Waals surface area contributed by atoms with Gasteiger partial charge in [0.25, 0.3) is 5.91 Å². The Morgan fingerprint density at radius 1 is 1.00 bits per heavy atom. The zero-order valence-electron chi connectivity index (χ0n) is 14.2. The molecular weight excluding hydrogens is 477 g/mol. The minimum atomic E-state index is -4.53. The number of rotatable bonds is 4. The van der Waals surface area contributed by atoms with E-state index >= 15 is 0 Å². The molecule has 0 fully saturated rings. The van der Waals surface area contributed by atoms with Gasteiger partial charge in [0.1, 0.15) is 12.0 Å². The molecule has 2 aromatic rings. The Kier molecular flexibility index (Phi) is 7.56. The molecule has 3 N–H and O–H groups in total. The van der Waals surface area contributed by atoms with E-state index in [4.69, 9.17) is 47.0 Å². The first-order valence-corrected chi connectivity index (χ1v) is 9.28. The fourth-order valence-corrected chi connectivity index (χ4v) is 2.65. The molecule has 156 valence electrons. The van der Waals surface area contributed by atoms with Gasteiger partial charge in [0.15, 0.2) is 5.11 Å². The molecule has 0 saturated carbocycles. The highest BCUT2D eigenvalue weighted by atomic mass is 35.6. The van der Waals surface area contributed by atoms with Crippen LogP contribution in [0.5, 0.6) is 0 Å². The molecule has 0 aromatic heterocycles. The second-order valence-electron chi connectivity index (χ2n) is 5.63. The summed E-state index contributed by atoms with van der Waals surface area (Å²) in [5, 5.41) is 7.19. The van der Waals surface area contributed by atoms with Crippen LogP contribution in [-0.4, -0.2) is 21.0 Å². The summed E-state index contributed by atoms with van der Waals surface area (Å²) >= 11 is 22.6. The molecule has 0 bridgehead atoms. The molecule has 12 heteroatoms. The van der Waals surface area contributed by atoms with Crippen molar-refractivity contribution >= 4 is 63.7 Å². The zero-order chi connectivity index (χ0) is 21.8. The van der Waals surface area contributed by atoms with E-state index in [0.717, 1.165) is 24.3 Å². The van der Waals surface area contributed by atoms with Gasteiger partial charge in [-0.1, -0.05) is 40.9 Å². The Labute approximate surface area is 183 Å². The number of nitrogens with one attached hydrogen (secondary N) is 3. The number of amides is 1. The highest BCUT2D eigenvalue weighted by Gasteiger charge is 2.35. The fraction of sp³-hybridized carbons (Fsp3) is 0.176. The normalized spacial score (nSPS) is 12.8. The first-order valence-electron chi connectivity index (χ1n) is 7.74. The van der Waals surface area contributed by atoms with Crippen LogP contribution in [0.25, 0.3) is 0 Å². The van der Waals surface area contributed by atoms with Crippen molar-refractivity contribution in [2.45, 2.75) is 16.1 Å². The van der Waals surface area contributed by atoms with Crippen molar-refractivity contribution in [1.29, 1.82) is 0 Å². The fourth-order valence-electron chi connectivity index (χ4n) is 2.09. The third-order valence-electron chi connectivity index (χ3n) is 3.43. The molecule has 4 nitrogen and oxygen atoms in total. The lowest BCUT2D eigenvalue weighted by molar-refractivity contribution is -0.137. The number of hydrogen-bond acceptors (Lipinski definition) is 2. The summed E-state index contributed by atoms with van der Waals surface area (Å²) in [7, 11) is 0. The molecule has 0 aliphatic heterocycles. The van der Waals surface area contributed by atoms with Crippen LogP contribution in [0.2, 0.25) is 0 Å². The number of anilines is 1. The van der Waals surface area contributed by atoms with Gasteiger partial charge in [-0.25, -0.2) is 4.39 Å². The summed E-state index contributed by atoms with van der Waals surface area (Å²) in [6, 6.07) is 8.88. The van der Waals surface area contributed by atoms with Crippen LogP contribution in [0.15, 0.2) is 48.5 Å². The van der Waals surface area contributed by atoms with Crippen molar-refractivity contribution in [1.82, 2.24) is 10.6 Å². The smallest absolute Gasteiger partial charge is 0.339 e. The van der Waals surface area contributed by atoms with Gasteiger partial charge in [0, 0.05) is 11.3 Å². The molecular formula is C17H12Cl3F4N3OS. The maximum Gasteiger partial charge on any atom is 0.416 e. The van der Waals surface area contributed by atoms with E-state index in [2.05, 4.69) is 16.0 Å². The monoisotopic (exact) mass is 487 g/mol. The Bertz CT molecular complexity index is 889. The Morgan fingerprint density at radius 3 is 2.17 bits per heavy atom. The molecule has 0 aliphatic carbocycles. The average Bonchev–Trinajstić information content (AvgIpc) is 2.60. The van der Waals surface area contributed by atoms with E-state index in [-0.39, 0.29) is 16.4 Å². The summed E-state index contributed by atoms with van der Waals surface area (Å²) in [5.74, 6) is -1.24. The lowest BCUT2D eigenvalue weighted by Gasteiger charge is -2.28. The van der Waals surface area contributed by atoms with E-state index in [1.807, 2.05) is 0 Å². The lowest BCUT2D eigenvalue weighted by Crippen LogP contribution is -2.56. The van der Waals surface area contributed by atoms with E-state index in [1.54, 1.807) is 0 Å². The van der Waals surface area contributed by atoms with Crippen LogP contribution in [0.4, 0.5) is 23.2 Å². The van der Waals surface area contributed by atoms with Gasteiger partial charge in [-0.2, -0.15) is 13.2 Å². The summed E-state index contributed by atoms with van der Waals surface area (Å²) in [6.07, 6.45) is -5.88. The maximum atomic E-state index is 13.0. The topological polar surface area (TPSA) is 53.2 Å². The van der Waals surface area contributed by atoms with E-state index < -0.39 is 33.4 Å². The van der Waals surface area contributed by atoms with Gasteiger partial charge in [0.2, 0.25) is 3.79 Å². The molecule has 0 saturated heterocycles. The van der Waals surface area contributed by atoms with Crippen LogP contribution >= 0.6 is 47.0 Å². The van der Waals surface area contributed by atoms with Gasteiger partial charge in [0.05, 0.1) is 5.56 Å². The zero-order valence-corrected chi connectivity index (χ0v) is 17.2. The van der Waals surface area contributed by atoms with Gasteiger partial charge in [-0.05, 0) is 54.7 Å².